The first-order valence-electron chi connectivity index (χ1n) is 20.1. The average molecular weight is 837 g/mol. The number of amides is 2. The Labute approximate surface area is 359 Å². The molecule has 0 bridgehead atoms. The largest absolute Gasteiger partial charge is 0.497 e. The van der Waals surface area contributed by atoms with E-state index in [0.29, 0.717) is 22.9 Å². The summed E-state index contributed by atoms with van der Waals surface area (Å²) in [5, 5.41) is 13.3. The number of aromatic nitrogens is 4. The molecule has 0 aliphatic carbocycles. The topological polar surface area (TPSA) is 159 Å². The van der Waals surface area contributed by atoms with Crippen molar-refractivity contribution in [3.63, 3.8) is 0 Å². The van der Waals surface area contributed by atoms with Crippen molar-refractivity contribution in [3.05, 3.63) is 163 Å². The summed E-state index contributed by atoms with van der Waals surface area (Å²) >= 11 is 0. The molecule has 2 amide bonds. The molecule has 0 saturated carbocycles. The number of aliphatic hydroxyl groups excluding tert-OH is 1. The van der Waals surface area contributed by atoms with Gasteiger partial charge >= 0.3 is 6.09 Å². The van der Waals surface area contributed by atoms with E-state index in [1.165, 1.54) is 11.2 Å². The number of rotatable bonds is 18. The van der Waals surface area contributed by atoms with Crippen LogP contribution < -0.4 is 24.4 Å². The van der Waals surface area contributed by atoms with Crippen LogP contribution >= 0.6 is 0 Å². The summed E-state index contributed by atoms with van der Waals surface area (Å²) in [6.45, 7) is 3.47. The van der Waals surface area contributed by atoms with Crippen LogP contribution in [0.25, 0.3) is 11.2 Å². The van der Waals surface area contributed by atoms with Gasteiger partial charge < -0.3 is 33.4 Å². The van der Waals surface area contributed by atoms with Gasteiger partial charge in [-0.05, 0) is 65.2 Å². The predicted octanol–water partition coefficient (Wildman–Crippen LogP) is 8.16. The number of ether oxygens (including phenoxy) is 5. The standard InChI is InChI=1S/C48H48N6O8/c1-33(2)44(56)51-46-50-43-42(45(52-46)62-47(57)54(37-16-10-6-11-17-37)38-18-12-7-13-19-38)49-32-53(43)28-29-60-41(30-55)31-61-48(34-14-8-5-9-15-34,35-20-24-39(58-3)25-21-35)36-22-26-40(59-4)27-23-36/h5-27,32-33,41,55H,28-31H2,1-4H3,(H,50,51,52,56)/t41-/m0/s1. The van der Waals surface area contributed by atoms with E-state index in [9.17, 15) is 14.7 Å². The molecule has 2 N–H and O–H groups in total. The molecule has 14 nitrogen and oxygen atoms in total. The minimum Gasteiger partial charge on any atom is -0.497 e. The van der Waals surface area contributed by atoms with Crippen molar-refractivity contribution in [3.8, 4) is 17.4 Å². The molecule has 7 rings (SSSR count). The van der Waals surface area contributed by atoms with E-state index in [0.717, 1.165) is 16.7 Å². The maximum atomic E-state index is 14.0. The fourth-order valence-corrected chi connectivity index (χ4v) is 6.87. The van der Waals surface area contributed by atoms with Gasteiger partial charge in [0.05, 0.1) is 51.7 Å². The Balaban J connectivity index is 1.15. The molecule has 14 heteroatoms. The Morgan fingerprint density at radius 1 is 0.742 bits per heavy atom. The molecule has 0 aliphatic heterocycles. The number of nitrogens with zero attached hydrogens (tertiary/aromatic N) is 5. The van der Waals surface area contributed by atoms with E-state index < -0.39 is 17.8 Å². The molecular formula is C48H48N6O8. The van der Waals surface area contributed by atoms with E-state index in [2.05, 4.69) is 20.3 Å². The lowest BCUT2D eigenvalue weighted by atomic mass is 9.80. The molecule has 0 aliphatic rings. The van der Waals surface area contributed by atoms with Gasteiger partial charge in [-0.15, -0.1) is 0 Å². The van der Waals surface area contributed by atoms with E-state index in [1.54, 1.807) is 56.9 Å². The highest BCUT2D eigenvalue weighted by Crippen LogP contribution is 2.42. The smallest absolute Gasteiger partial charge is 0.425 e. The van der Waals surface area contributed by atoms with Crippen LogP contribution in [-0.2, 0) is 26.4 Å². The van der Waals surface area contributed by atoms with Crippen molar-refractivity contribution < 1.29 is 38.4 Å². The number of benzene rings is 5. The number of carbonyl (C=O) groups is 2. The number of aliphatic hydroxyl groups is 1. The molecular weight excluding hydrogens is 789 g/mol. The number of para-hydroxylation sites is 2. The minimum atomic E-state index is -1.12. The Morgan fingerprint density at radius 2 is 1.27 bits per heavy atom. The Bertz CT molecular complexity index is 2450. The molecule has 1 atom stereocenters. The molecule has 0 radical (unpaired) electrons. The predicted molar refractivity (Wildman–Crippen MR) is 235 cm³/mol. The van der Waals surface area contributed by atoms with Crippen molar-refractivity contribution in [2.24, 2.45) is 5.92 Å². The van der Waals surface area contributed by atoms with Crippen LogP contribution in [0.5, 0.6) is 17.4 Å². The molecule has 0 spiro atoms. The first-order valence-corrected chi connectivity index (χ1v) is 20.1. The first kappa shape index (κ1) is 43.0. The second-order valence-electron chi connectivity index (χ2n) is 14.5. The Morgan fingerprint density at radius 3 is 1.79 bits per heavy atom. The number of hydrogen-bond acceptors (Lipinski definition) is 11. The zero-order chi connectivity index (χ0) is 43.5. The molecule has 0 fully saturated rings. The highest BCUT2D eigenvalue weighted by molar-refractivity contribution is 5.98. The van der Waals surface area contributed by atoms with Crippen molar-refractivity contribution in [1.29, 1.82) is 0 Å². The first-order chi connectivity index (χ1) is 30.2. The zero-order valence-corrected chi connectivity index (χ0v) is 34.9. The number of imidazole rings is 1. The van der Waals surface area contributed by atoms with Crippen molar-refractivity contribution >= 4 is 40.5 Å². The molecule has 0 unspecified atom stereocenters. The van der Waals surface area contributed by atoms with Crippen molar-refractivity contribution in [2.75, 3.05) is 44.3 Å². The maximum absolute atomic E-state index is 14.0. The van der Waals surface area contributed by atoms with Gasteiger partial charge in [-0.25, -0.2) is 14.7 Å². The molecule has 62 heavy (non-hydrogen) atoms. The van der Waals surface area contributed by atoms with Crippen LogP contribution in [0.15, 0.2) is 146 Å². The number of anilines is 3. The summed E-state index contributed by atoms with van der Waals surface area (Å²) in [7, 11) is 3.23. The van der Waals surface area contributed by atoms with Gasteiger partial charge in [-0.1, -0.05) is 105 Å². The quantitative estimate of drug-likeness (QED) is 0.0804. The van der Waals surface area contributed by atoms with Crippen molar-refractivity contribution in [1.82, 2.24) is 19.5 Å². The number of fused-ring (bicyclic) bond motifs is 1. The van der Waals surface area contributed by atoms with Crippen LogP contribution in [0.2, 0.25) is 0 Å². The van der Waals surface area contributed by atoms with Crippen LogP contribution in [0.4, 0.5) is 22.1 Å². The van der Waals surface area contributed by atoms with Gasteiger partial charge in [-0.2, -0.15) is 9.97 Å². The molecule has 2 aromatic heterocycles. The van der Waals surface area contributed by atoms with Gasteiger partial charge in [0.25, 0.3) is 5.88 Å². The van der Waals surface area contributed by atoms with E-state index in [-0.39, 0.29) is 61.2 Å². The summed E-state index contributed by atoms with van der Waals surface area (Å²) in [5.74, 6) is 0.474. The van der Waals surface area contributed by atoms with E-state index >= 15 is 0 Å². The van der Waals surface area contributed by atoms with Crippen LogP contribution in [0.1, 0.15) is 30.5 Å². The third-order valence-electron chi connectivity index (χ3n) is 10.1. The number of carbonyl (C=O) groups excluding carboxylic acids is 2. The molecule has 7 aromatic rings. The highest BCUT2D eigenvalue weighted by Gasteiger charge is 2.38. The Kier molecular flexibility index (Phi) is 13.8. The van der Waals surface area contributed by atoms with E-state index in [4.69, 9.17) is 23.7 Å². The van der Waals surface area contributed by atoms with Crippen LogP contribution in [0, 0.1) is 5.92 Å². The average Bonchev–Trinajstić information content (AvgIpc) is 3.72. The molecule has 318 valence electrons. The fourth-order valence-electron chi connectivity index (χ4n) is 6.87. The van der Waals surface area contributed by atoms with Crippen molar-refractivity contribution in [2.45, 2.75) is 32.1 Å². The van der Waals surface area contributed by atoms with Crippen LogP contribution in [-0.4, -0.2) is 76.8 Å². The summed E-state index contributed by atoms with van der Waals surface area (Å²) in [5.41, 5.74) is 3.04. The summed E-state index contributed by atoms with van der Waals surface area (Å²) in [6.07, 6.45) is 0.0276. The molecule has 5 aromatic carbocycles. The summed E-state index contributed by atoms with van der Waals surface area (Å²) in [4.78, 5) is 41.8. The normalized spacial score (nSPS) is 11.9. The van der Waals surface area contributed by atoms with Gasteiger partial charge in [0.15, 0.2) is 11.2 Å². The Hall–Kier alpha value is -7.13. The van der Waals surface area contributed by atoms with Gasteiger partial charge in [0.2, 0.25) is 11.9 Å². The third-order valence-corrected chi connectivity index (χ3v) is 10.1. The zero-order valence-electron chi connectivity index (χ0n) is 34.9. The number of nitrogens with one attached hydrogen (secondary N) is 1. The monoisotopic (exact) mass is 836 g/mol. The summed E-state index contributed by atoms with van der Waals surface area (Å²) < 4.78 is 31.8. The SMILES string of the molecule is COc1ccc(C(OC[C@H](CO)OCCn2cnc3c(OC(=O)N(c4ccccc4)c4ccccc4)nc(NC(=O)C(C)C)nc32)(c2ccccc2)c2ccc(OC)cc2)cc1. The highest BCUT2D eigenvalue weighted by atomic mass is 16.6. The lowest BCUT2D eigenvalue weighted by molar-refractivity contribution is -0.118. The second kappa shape index (κ2) is 20.0. The summed E-state index contributed by atoms with van der Waals surface area (Å²) in [6, 6.07) is 43.4. The molecule has 2 heterocycles. The van der Waals surface area contributed by atoms with Crippen LogP contribution in [0.3, 0.4) is 0 Å². The molecule has 0 saturated heterocycles. The third kappa shape index (κ3) is 9.58. The van der Waals surface area contributed by atoms with Gasteiger partial charge in [0.1, 0.15) is 23.2 Å². The maximum Gasteiger partial charge on any atom is 0.425 e. The van der Waals surface area contributed by atoms with Gasteiger partial charge in [0, 0.05) is 12.5 Å². The van der Waals surface area contributed by atoms with E-state index in [1.807, 2.05) is 115 Å². The lowest BCUT2D eigenvalue weighted by Crippen LogP contribution is -2.37. The number of methoxy groups -OCH3 is 2. The lowest BCUT2D eigenvalue weighted by Gasteiger charge is -2.37. The minimum absolute atomic E-state index is 0.00110. The van der Waals surface area contributed by atoms with Gasteiger partial charge in [-0.3, -0.25) is 10.1 Å². The second-order valence-corrected chi connectivity index (χ2v) is 14.5. The number of hydrogen-bond donors (Lipinski definition) is 2. The fraction of sp³-hybridized carbons (Fsp3) is 0.229.